The van der Waals surface area contributed by atoms with Crippen LogP contribution in [0, 0.1) is 35.3 Å². The molecule has 0 atom stereocenters. The van der Waals surface area contributed by atoms with Crippen LogP contribution < -0.4 is 0 Å². The highest BCUT2D eigenvalue weighted by Crippen LogP contribution is 2.42. The molecule has 2 saturated carbocycles. The predicted molar refractivity (Wildman–Crippen MR) is 103 cm³/mol. The number of halogens is 2. The lowest BCUT2D eigenvalue weighted by Crippen LogP contribution is -2.25. The van der Waals surface area contributed by atoms with E-state index in [0.717, 1.165) is 42.1 Å². The molecular formula is C23H36F2. The van der Waals surface area contributed by atoms with Crippen molar-refractivity contribution in [3.05, 3.63) is 35.4 Å². The molecule has 1 aromatic rings. The quantitative estimate of drug-likeness (QED) is 0.525. The fourth-order valence-corrected chi connectivity index (χ4v) is 4.77. The summed E-state index contributed by atoms with van der Waals surface area (Å²) in [7, 11) is 0. The first kappa shape index (κ1) is 20.4. The molecule has 2 aliphatic rings. The Kier molecular flexibility index (Phi) is 8.39. The van der Waals surface area contributed by atoms with Crippen LogP contribution in [-0.2, 0) is 6.42 Å². The average Bonchev–Trinajstić information content (AvgIpc) is 2.65. The van der Waals surface area contributed by atoms with Crippen LogP contribution >= 0.6 is 0 Å². The van der Waals surface area contributed by atoms with E-state index in [4.69, 9.17) is 0 Å². The van der Waals surface area contributed by atoms with E-state index < -0.39 is 11.6 Å². The van der Waals surface area contributed by atoms with Crippen molar-refractivity contribution in [2.75, 3.05) is 0 Å². The van der Waals surface area contributed by atoms with Gasteiger partial charge in [-0.2, -0.15) is 0 Å². The Balaban J connectivity index is 0.00000109. The Labute approximate surface area is 153 Å². The van der Waals surface area contributed by atoms with Crippen LogP contribution in [0.4, 0.5) is 8.78 Å². The minimum atomic E-state index is -0.740. The maximum atomic E-state index is 13.3. The van der Waals surface area contributed by atoms with E-state index in [1.807, 2.05) is 13.8 Å². The van der Waals surface area contributed by atoms with Gasteiger partial charge in [-0.3, -0.25) is 0 Å². The fourth-order valence-electron chi connectivity index (χ4n) is 4.77. The zero-order valence-electron chi connectivity index (χ0n) is 16.4. The highest BCUT2D eigenvalue weighted by Gasteiger charge is 2.29. The van der Waals surface area contributed by atoms with Crippen molar-refractivity contribution in [3.63, 3.8) is 0 Å². The van der Waals surface area contributed by atoms with E-state index >= 15 is 0 Å². The first-order chi connectivity index (χ1) is 12.1. The molecule has 0 aromatic heterocycles. The van der Waals surface area contributed by atoms with Crippen LogP contribution in [0.25, 0.3) is 0 Å². The number of rotatable bonds is 4. The maximum Gasteiger partial charge on any atom is 0.159 e. The Morgan fingerprint density at radius 2 is 1.36 bits per heavy atom. The van der Waals surface area contributed by atoms with E-state index in [1.54, 1.807) is 6.07 Å². The second kappa shape index (κ2) is 10.3. The molecule has 0 nitrogen and oxygen atoms in total. The molecule has 142 valence electrons. The molecule has 0 unspecified atom stereocenters. The summed E-state index contributed by atoms with van der Waals surface area (Å²) in [5.41, 5.74) is 0.937. The number of benzene rings is 1. The average molecular weight is 351 g/mol. The maximum absolute atomic E-state index is 13.3. The van der Waals surface area contributed by atoms with Crippen molar-refractivity contribution in [1.82, 2.24) is 0 Å². The van der Waals surface area contributed by atoms with E-state index in [0.29, 0.717) is 0 Å². The fraction of sp³-hybridized carbons (Fsp3) is 0.739. The van der Waals surface area contributed by atoms with Gasteiger partial charge in [0.05, 0.1) is 0 Å². The SMILES string of the molecule is CC.CC1CCC(C2CCC(CCc3ccc(F)c(F)c3)CC2)CC1. The van der Waals surface area contributed by atoms with Gasteiger partial charge in [0.25, 0.3) is 0 Å². The van der Waals surface area contributed by atoms with Crippen LogP contribution in [0.15, 0.2) is 18.2 Å². The monoisotopic (exact) mass is 350 g/mol. The summed E-state index contributed by atoms with van der Waals surface area (Å²) >= 11 is 0. The summed E-state index contributed by atoms with van der Waals surface area (Å²) in [4.78, 5) is 0. The third-order valence-corrected chi connectivity index (χ3v) is 6.44. The normalized spacial score (nSPS) is 29.6. The van der Waals surface area contributed by atoms with Gasteiger partial charge in [-0.1, -0.05) is 52.5 Å². The number of aryl methyl sites for hydroxylation is 1. The van der Waals surface area contributed by atoms with E-state index in [-0.39, 0.29) is 0 Å². The Hall–Kier alpha value is -0.920. The summed E-state index contributed by atoms with van der Waals surface area (Å²) in [6.07, 6.45) is 13.2. The number of hydrogen-bond acceptors (Lipinski definition) is 0. The molecule has 0 aliphatic heterocycles. The van der Waals surface area contributed by atoms with Gasteiger partial charge in [0.1, 0.15) is 0 Å². The molecule has 0 heterocycles. The van der Waals surface area contributed by atoms with Crippen LogP contribution in [0.5, 0.6) is 0 Å². The minimum absolute atomic E-state index is 0.710. The van der Waals surface area contributed by atoms with Crippen molar-refractivity contribution in [2.24, 2.45) is 23.7 Å². The molecule has 2 fully saturated rings. The second-order valence-corrected chi connectivity index (χ2v) is 8.09. The number of hydrogen-bond donors (Lipinski definition) is 0. The van der Waals surface area contributed by atoms with Gasteiger partial charge in [0, 0.05) is 0 Å². The molecule has 0 N–H and O–H groups in total. The third-order valence-electron chi connectivity index (χ3n) is 6.44. The van der Waals surface area contributed by atoms with Crippen LogP contribution in [0.1, 0.15) is 84.1 Å². The highest BCUT2D eigenvalue weighted by atomic mass is 19.2. The van der Waals surface area contributed by atoms with Gasteiger partial charge >= 0.3 is 0 Å². The lowest BCUT2D eigenvalue weighted by atomic mass is 9.69. The van der Waals surface area contributed by atoms with Crippen molar-refractivity contribution >= 4 is 0 Å². The second-order valence-electron chi connectivity index (χ2n) is 8.09. The Bertz CT molecular complexity index is 495. The molecule has 0 radical (unpaired) electrons. The zero-order valence-corrected chi connectivity index (χ0v) is 16.4. The molecule has 1 aromatic carbocycles. The largest absolute Gasteiger partial charge is 0.204 e. The molecule has 0 spiro atoms. The van der Waals surface area contributed by atoms with E-state index in [9.17, 15) is 8.78 Å². The predicted octanol–water partition coefficient (Wildman–Crippen LogP) is 7.56. The topological polar surface area (TPSA) is 0 Å². The molecule has 3 rings (SSSR count). The highest BCUT2D eigenvalue weighted by molar-refractivity contribution is 5.17. The van der Waals surface area contributed by atoms with Crippen molar-refractivity contribution < 1.29 is 8.78 Å². The first-order valence-electron chi connectivity index (χ1n) is 10.6. The summed E-state index contributed by atoms with van der Waals surface area (Å²) < 4.78 is 26.2. The smallest absolute Gasteiger partial charge is 0.159 e. The van der Waals surface area contributed by atoms with Gasteiger partial charge in [0.2, 0.25) is 0 Å². The van der Waals surface area contributed by atoms with E-state index in [2.05, 4.69) is 6.92 Å². The molecule has 0 bridgehead atoms. The van der Waals surface area contributed by atoms with Crippen molar-refractivity contribution in [1.29, 1.82) is 0 Å². The van der Waals surface area contributed by atoms with Gasteiger partial charge in [-0.15, -0.1) is 0 Å². The van der Waals surface area contributed by atoms with Gasteiger partial charge < -0.3 is 0 Å². The molecule has 2 aliphatic carbocycles. The van der Waals surface area contributed by atoms with Gasteiger partial charge in [0.15, 0.2) is 11.6 Å². The molecule has 0 saturated heterocycles. The lowest BCUT2D eigenvalue weighted by Gasteiger charge is -2.37. The molecule has 25 heavy (non-hydrogen) atoms. The molecular weight excluding hydrogens is 314 g/mol. The lowest BCUT2D eigenvalue weighted by molar-refractivity contribution is 0.148. The summed E-state index contributed by atoms with van der Waals surface area (Å²) in [5, 5.41) is 0. The standard InChI is InChI=1S/C21H30F2.C2H6/c1-15-2-9-18(10-3-15)19-11-6-16(7-12-19)4-5-17-8-13-20(22)21(23)14-17;1-2/h8,13-16,18-19H,2-7,9-12H2,1H3;1-2H3. The summed E-state index contributed by atoms with van der Waals surface area (Å²) in [6.45, 7) is 6.39. The van der Waals surface area contributed by atoms with Crippen molar-refractivity contribution in [3.8, 4) is 0 Å². The molecule has 0 amide bonds. The van der Waals surface area contributed by atoms with Gasteiger partial charge in [-0.05, 0) is 79.9 Å². The first-order valence-corrected chi connectivity index (χ1v) is 10.6. The van der Waals surface area contributed by atoms with E-state index in [1.165, 1.54) is 63.5 Å². The van der Waals surface area contributed by atoms with Crippen LogP contribution in [0.2, 0.25) is 0 Å². The Morgan fingerprint density at radius 3 is 1.92 bits per heavy atom. The minimum Gasteiger partial charge on any atom is -0.204 e. The Morgan fingerprint density at radius 1 is 0.800 bits per heavy atom. The summed E-state index contributed by atoms with van der Waals surface area (Å²) in [5.74, 6) is 2.22. The summed E-state index contributed by atoms with van der Waals surface area (Å²) in [6, 6.07) is 4.35. The van der Waals surface area contributed by atoms with Crippen LogP contribution in [-0.4, -0.2) is 0 Å². The molecule has 2 heteroatoms. The van der Waals surface area contributed by atoms with Gasteiger partial charge in [-0.25, -0.2) is 8.78 Å². The van der Waals surface area contributed by atoms with Crippen molar-refractivity contribution in [2.45, 2.75) is 85.0 Å². The van der Waals surface area contributed by atoms with Crippen LogP contribution in [0.3, 0.4) is 0 Å². The zero-order chi connectivity index (χ0) is 18.2. The third kappa shape index (κ3) is 6.08.